The summed E-state index contributed by atoms with van der Waals surface area (Å²) in [6, 6.07) is 2.11. The molecule has 0 bridgehead atoms. The maximum absolute atomic E-state index is 5.81. The topological polar surface area (TPSA) is 39.9 Å². The third kappa shape index (κ3) is 3.68. The zero-order valence-electron chi connectivity index (χ0n) is 14.2. The quantitative estimate of drug-likeness (QED) is 0.811. The average Bonchev–Trinajstić information content (AvgIpc) is 3.32. The molecule has 124 valence electrons. The number of ether oxygens (including phenoxy) is 1. The second-order valence-electron chi connectivity index (χ2n) is 6.88. The Balaban J connectivity index is 1.48. The van der Waals surface area contributed by atoms with Crippen LogP contribution in [-0.4, -0.2) is 27.2 Å². The van der Waals surface area contributed by atoms with E-state index in [1.807, 2.05) is 12.5 Å². The molecule has 2 aromatic heterocycles. The Morgan fingerprint density at radius 1 is 1.25 bits per heavy atom. The SMILES string of the molecule is Cc1cc(C#CC2CC2)cnc1-c1cn(CC2CCCCO2)cn1. The van der Waals surface area contributed by atoms with Gasteiger partial charge in [-0.05, 0) is 50.7 Å². The number of nitrogens with zero attached hydrogens (tertiary/aromatic N) is 3. The van der Waals surface area contributed by atoms with E-state index in [1.54, 1.807) is 0 Å². The Bertz CT molecular complexity index is 774. The highest BCUT2D eigenvalue weighted by Crippen LogP contribution is 2.27. The molecule has 24 heavy (non-hydrogen) atoms. The van der Waals surface area contributed by atoms with Crippen LogP contribution >= 0.6 is 0 Å². The average molecular weight is 321 g/mol. The Morgan fingerprint density at radius 2 is 2.17 bits per heavy atom. The predicted octanol–water partition coefficient (Wildman–Crippen LogP) is 3.58. The Morgan fingerprint density at radius 3 is 2.92 bits per heavy atom. The molecule has 0 aromatic carbocycles. The van der Waals surface area contributed by atoms with Gasteiger partial charge in [-0.2, -0.15) is 0 Å². The molecule has 2 aliphatic rings. The minimum absolute atomic E-state index is 0.315. The van der Waals surface area contributed by atoms with Crippen molar-refractivity contribution in [2.75, 3.05) is 6.61 Å². The molecule has 4 nitrogen and oxygen atoms in total. The smallest absolute Gasteiger partial charge is 0.107 e. The molecule has 3 heterocycles. The standard InChI is InChI=1S/C20H23N3O/c1-15-10-17(8-7-16-5-6-16)11-21-20(15)19-13-23(14-22-19)12-18-4-2-3-9-24-18/h10-11,13-14,16,18H,2-6,9,12H2,1H3. The summed E-state index contributed by atoms with van der Waals surface area (Å²) >= 11 is 0. The first-order valence-electron chi connectivity index (χ1n) is 8.90. The molecule has 1 aliphatic heterocycles. The van der Waals surface area contributed by atoms with Crippen LogP contribution in [0.3, 0.4) is 0 Å². The van der Waals surface area contributed by atoms with Gasteiger partial charge in [0.2, 0.25) is 0 Å². The maximum Gasteiger partial charge on any atom is 0.107 e. The molecule has 1 saturated carbocycles. The zero-order chi connectivity index (χ0) is 16.4. The molecule has 0 amide bonds. The van der Waals surface area contributed by atoms with Gasteiger partial charge in [0.15, 0.2) is 0 Å². The number of hydrogen-bond acceptors (Lipinski definition) is 3. The first-order chi connectivity index (χ1) is 11.8. The minimum Gasteiger partial charge on any atom is -0.376 e. The molecule has 2 fully saturated rings. The number of pyridine rings is 1. The van der Waals surface area contributed by atoms with E-state index in [0.29, 0.717) is 12.0 Å². The van der Waals surface area contributed by atoms with Gasteiger partial charge in [0.1, 0.15) is 5.69 Å². The van der Waals surface area contributed by atoms with Crippen molar-refractivity contribution in [3.8, 4) is 23.2 Å². The van der Waals surface area contributed by atoms with E-state index in [1.165, 1.54) is 25.7 Å². The fraction of sp³-hybridized carbons (Fsp3) is 0.500. The Labute approximate surface area is 143 Å². The van der Waals surface area contributed by atoms with Crippen molar-refractivity contribution in [1.29, 1.82) is 0 Å². The van der Waals surface area contributed by atoms with Gasteiger partial charge in [0.25, 0.3) is 0 Å². The summed E-state index contributed by atoms with van der Waals surface area (Å²) in [5, 5.41) is 0. The van der Waals surface area contributed by atoms with E-state index < -0.39 is 0 Å². The zero-order valence-corrected chi connectivity index (χ0v) is 14.2. The van der Waals surface area contributed by atoms with Gasteiger partial charge in [0, 0.05) is 37.0 Å². The number of aromatic nitrogens is 3. The lowest BCUT2D eigenvalue weighted by Crippen LogP contribution is -2.23. The van der Waals surface area contributed by atoms with E-state index in [9.17, 15) is 0 Å². The van der Waals surface area contributed by atoms with Crippen LogP contribution in [-0.2, 0) is 11.3 Å². The van der Waals surface area contributed by atoms with Crippen molar-refractivity contribution in [1.82, 2.24) is 14.5 Å². The summed E-state index contributed by atoms with van der Waals surface area (Å²) < 4.78 is 7.93. The van der Waals surface area contributed by atoms with E-state index >= 15 is 0 Å². The van der Waals surface area contributed by atoms with Gasteiger partial charge >= 0.3 is 0 Å². The van der Waals surface area contributed by atoms with Gasteiger partial charge in [-0.3, -0.25) is 4.98 Å². The van der Waals surface area contributed by atoms with Crippen LogP contribution in [0.1, 0.15) is 43.2 Å². The van der Waals surface area contributed by atoms with Gasteiger partial charge in [-0.1, -0.05) is 11.8 Å². The van der Waals surface area contributed by atoms with E-state index in [-0.39, 0.29) is 0 Å². The molecule has 0 N–H and O–H groups in total. The van der Waals surface area contributed by atoms with Crippen LogP contribution in [0.2, 0.25) is 0 Å². The van der Waals surface area contributed by atoms with Crippen LogP contribution < -0.4 is 0 Å². The molecular weight excluding hydrogens is 298 g/mol. The van der Waals surface area contributed by atoms with Crippen molar-refractivity contribution < 1.29 is 4.74 Å². The Kier molecular flexibility index (Phi) is 4.36. The fourth-order valence-electron chi connectivity index (χ4n) is 3.09. The fourth-order valence-corrected chi connectivity index (χ4v) is 3.09. The van der Waals surface area contributed by atoms with E-state index in [4.69, 9.17) is 4.74 Å². The molecule has 2 aromatic rings. The highest BCUT2D eigenvalue weighted by atomic mass is 16.5. The second-order valence-corrected chi connectivity index (χ2v) is 6.88. The summed E-state index contributed by atoms with van der Waals surface area (Å²) in [5.74, 6) is 7.13. The molecule has 1 atom stereocenters. The van der Waals surface area contributed by atoms with Crippen LogP contribution in [0.4, 0.5) is 0 Å². The molecular formula is C20H23N3O. The lowest BCUT2D eigenvalue weighted by atomic mass is 10.1. The summed E-state index contributed by atoms with van der Waals surface area (Å²) in [5.41, 5.74) is 3.98. The molecule has 1 aliphatic carbocycles. The van der Waals surface area contributed by atoms with Gasteiger partial charge in [-0.15, -0.1) is 0 Å². The summed E-state index contributed by atoms with van der Waals surface area (Å²) in [6.45, 7) is 3.83. The Hall–Kier alpha value is -2.12. The first kappa shape index (κ1) is 15.4. The first-order valence-corrected chi connectivity index (χ1v) is 8.90. The number of imidazole rings is 1. The summed E-state index contributed by atoms with van der Waals surface area (Å²) in [4.78, 5) is 9.13. The molecule has 1 saturated heterocycles. The van der Waals surface area contributed by atoms with Crippen LogP contribution in [0, 0.1) is 24.7 Å². The highest BCUT2D eigenvalue weighted by Gasteiger charge is 2.18. The van der Waals surface area contributed by atoms with Crippen molar-refractivity contribution in [3.05, 3.63) is 35.9 Å². The monoisotopic (exact) mass is 321 g/mol. The minimum atomic E-state index is 0.315. The lowest BCUT2D eigenvalue weighted by molar-refractivity contribution is 0.00598. The molecule has 1 unspecified atom stereocenters. The summed E-state index contributed by atoms with van der Waals surface area (Å²) in [7, 11) is 0. The molecule has 0 radical (unpaired) electrons. The van der Waals surface area contributed by atoms with Crippen LogP contribution in [0.25, 0.3) is 11.4 Å². The second kappa shape index (κ2) is 6.78. The van der Waals surface area contributed by atoms with E-state index in [2.05, 4.69) is 45.6 Å². The maximum atomic E-state index is 5.81. The molecule has 4 rings (SSSR count). The van der Waals surface area contributed by atoms with E-state index in [0.717, 1.165) is 42.1 Å². The number of rotatable bonds is 3. The summed E-state index contributed by atoms with van der Waals surface area (Å²) in [6.07, 6.45) is 12.2. The predicted molar refractivity (Wildman–Crippen MR) is 93.4 cm³/mol. The molecule has 0 spiro atoms. The highest BCUT2D eigenvalue weighted by molar-refractivity contribution is 5.59. The molecule has 4 heteroatoms. The normalized spacial score (nSPS) is 20.5. The van der Waals surface area contributed by atoms with Crippen LogP contribution in [0.5, 0.6) is 0 Å². The largest absolute Gasteiger partial charge is 0.376 e. The van der Waals surface area contributed by atoms with Crippen molar-refractivity contribution in [2.45, 2.75) is 51.7 Å². The third-order valence-electron chi connectivity index (χ3n) is 4.64. The third-order valence-corrected chi connectivity index (χ3v) is 4.64. The number of aryl methyl sites for hydroxylation is 1. The lowest BCUT2D eigenvalue weighted by Gasteiger charge is -2.22. The van der Waals surface area contributed by atoms with Gasteiger partial charge in [0.05, 0.1) is 18.1 Å². The van der Waals surface area contributed by atoms with Crippen molar-refractivity contribution in [2.24, 2.45) is 5.92 Å². The van der Waals surface area contributed by atoms with Gasteiger partial charge in [-0.25, -0.2) is 4.98 Å². The number of hydrogen-bond donors (Lipinski definition) is 0. The van der Waals surface area contributed by atoms with Crippen molar-refractivity contribution >= 4 is 0 Å². The van der Waals surface area contributed by atoms with Gasteiger partial charge < -0.3 is 9.30 Å². The van der Waals surface area contributed by atoms with Crippen molar-refractivity contribution in [3.63, 3.8) is 0 Å². The van der Waals surface area contributed by atoms with Crippen LogP contribution in [0.15, 0.2) is 24.8 Å².